The van der Waals surface area contributed by atoms with Gasteiger partial charge < -0.3 is 10.5 Å². The average Bonchev–Trinajstić information content (AvgIpc) is 3.10. The van der Waals surface area contributed by atoms with Gasteiger partial charge in [-0.25, -0.2) is 4.68 Å². The number of nitrogens with zero attached hydrogens (tertiary/aromatic N) is 4. The highest BCUT2D eigenvalue weighted by atomic mass is 35.5. The lowest BCUT2D eigenvalue weighted by Gasteiger charge is -2.10. The molecule has 1 aromatic heterocycles. The summed E-state index contributed by atoms with van der Waals surface area (Å²) in [5.74, 6) is 1.24. The largest absolute Gasteiger partial charge is 0.397 e. The van der Waals surface area contributed by atoms with E-state index in [-0.39, 0.29) is 0 Å². The van der Waals surface area contributed by atoms with Crippen LogP contribution in [-0.2, 0) is 11.3 Å². The third-order valence-electron chi connectivity index (χ3n) is 3.60. The molecule has 0 spiro atoms. The SMILES string of the molecule is Nc1c(Cl)cccc1-c1nnnn1CCC1CCOC1. The highest BCUT2D eigenvalue weighted by molar-refractivity contribution is 6.33. The number of tetrazole rings is 1. The fourth-order valence-corrected chi connectivity index (χ4v) is 2.57. The van der Waals surface area contributed by atoms with Crippen LogP contribution in [0.2, 0.25) is 5.02 Å². The molecule has 1 atom stereocenters. The lowest BCUT2D eigenvalue weighted by molar-refractivity contribution is 0.183. The summed E-state index contributed by atoms with van der Waals surface area (Å²) in [6.07, 6.45) is 2.11. The van der Waals surface area contributed by atoms with E-state index in [9.17, 15) is 0 Å². The Morgan fingerprint density at radius 1 is 1.45 bits per heavy atom. The van der Waals surface area contributed by atoms with Gasteiger partial charge in [0.2, 0.25) is 0 Å². The van der Waals surface area contributed by atoms with Crippen molar-refractivity contribution >= 4 is 17.3 Å². The molecule has 1 saturated heterocycles. The first-order valence-corrected chi connectivity index (χ1v) is 7.02. The van der Waals surface area contributed by atoms with Gasteiger partial charge in [-0.05, 0) is 41.3 Å². The molecule has 1 aliphatic rings. The van der Waals surface area contributed by atoms with Gasteiger partial charge in [0, 0.05) is 25.3 Å². The number of aromatic nitrogens is 4. The molecule has 0 aliphatic carbocycles. The zero-order valence-corrected chi connectivity index (χ0v) is 11.8. The Morgan fingerprint density at radius 3 is 3.15 bits per heavy atom. The zero-order chi connectivity index (χ0) is 13.9. The molecule has 106 valence electrons. The van der Waals surface area contributed by atoms with E-state index in [1.165, 1.54) is 0 Å². The first kappa shape index (κ1) is 13.3. The Bertz CT molecular complexity index is 594. The molecular weight excluding hydrogens is 278 g/mol. The maximum atomic E-state index is 6.04. The van der Waals surface area contributed by atoms with Crippen LogP contribution in [0.25, 0.3) is 11.4 Å². The van der Waals surface area contributed by atoms with Gasteiger partial charge in [-0.2, -0.15) is 0 Å². The monoisotopic (exact) mass is 293 g/mol. The Morgan fingerprint density at radius 2 is 2.35 bits per heavy atom. The molecule has 2 aromatic rings. The molecule has 0 radical (unpaired) electrons. The molecule has 0 bridgehead atoms. The average molecular weight is 294 g/mol. The smallest absolute Gasteiger partial charge is 0.184 e. The summed E-state index contributed by atoms with van der Waals surface area (Å²) in [6, 6.07) is 5.48. The fourth-order valence-electron chi connectivity index (χ4n) is 2.40. The number of nitrogen functional groups attached to an aromatic ring is 1. The fraction of sp³-hybridized carbons (Fsp3) is 0.462. The summed E-state index contributed by atoms with van der Waals surface area (Å²) >= 11 is 6.04. The van der Waals surface area contributed by atoms with E-state index in [1.807, 2.05) is 12.1 Å². The van der Waals surface area contributed by atoms with Gasteiger partial charge in [-0.1, -0.05) is 17.7 Å². The summed E-state index contributed by atoms with van der Waals surface area (Å²) in [5, 5.41) is 12.4. The van der Waals surface area contributed by atoms with Crippen molar-refractivity contribution in [2.45, 2.75) is 19.4 Å². The van der Waals surface area contributed by atoms with Gasteiger partial charge in [0.15, 0.2) is 5.82 Å². The van der Waals surface area contributed by atoms with E-state index in [4.69, 9.17) is 22.1 Å². The first-order chi connectivity index (χ1) is 9.75. The van der Waals surface area contributed by atoms with Crippen molar-refractivity contribution in [3.63, 3.8) is 0 Å². The van der Waals surface area contributed by atoms with Crippen LogP contribution in [0.3, 0.4) is 0 Å². The van der Waals surface area contributed by atoms with Crippen LogP contribution in [0.15, 0.2) is 18.2 Å². The van der Waals surface area contributed by atoms with E-state index >= 15 is 0 Å². The maximum absolute atomic E-state index is 6.04. The topological polar surface area (TPSA) is 78.9 Å². The van der Waals surface area contributed by atoms with Gasteiger partial charge in [0.05, 0.1) is 10.7 Å². The van der Waals surface area contributed by atoms with Crippen molar-refractivity contribution in [1.82, 2.24) is 20.2 Å². The number of anilines is 1. The molecule has 2 N–H and O–H groups in total. The van der Waals surface area contributed by atoms with Crippen molar-refractivity contribution in [3.05, 3.63) is 23.2 Å². The van der Waals surface area contributed by atoms with Crippen LogP contribution in [0.5, 0.6) is 0 Å². The van der Waals surface area contributed by atoms with E-state index < -0.39 is 0 Å². The summed E-state index contributed by atoms with van der Waals surface area (Å²) in [5.41, 5.74) is 7.28. The number of nitrogens with two attached hydrogens (primary N) is 1. The van der Waals surface area contributed by atoms with Crippen molar-refractivity contribution in [3.8, 4) is 11.4 Å². The van der Waals surface area contributed by atoms with Gasteiger partial charge in [-0.3, -0.25) is 0 Å². The number of halogens is 1. The summed E-state index contributed by atoms with van der Waals surface area (Å²) in [4.78, 5) is 0. The minimum Gasteiger partial charge on any atom is -0.397 e. The lowest BCUT2D eigenvalue weighted by atomic mass is 10.1. The van der Waals surface area contributed by atoms with Crippen LogP contribution < -0.4 is 5.73 Å². The number of aryl methyl sites for hydroxylation is 1. The second kappa shape index (κ2) is 5.76. The summed E-state index contributed by atoms with van der Waals surface area (Å²) in [6.45, 7) is 2.44. The van der Waals surface area contributed by atoms with E-state index in [0.29, 0.717) is 22.5 Å². The van der Waals surface area contributed by atoms with Crippen LogP contribution in [-0.4, -0.2) is 33.4 Å². The molecule has 1 aromatic carbocycles. The van der Waals surface area contributed by atoms with Crippen molar-refractivity contribution in [1.29, 1.82) is 0 Å². The quantitative estimate of drug-likeness (QED) is 0.872. The van der Waals surface area contributed by atoms with Crippen molar-refractivity contribution < 1.29 is 4.74 Å². The third-order valence-corrected chi connectivity index (χ3v) is 3.93. The number of hydrogen-bond donors (Lipinski definition) is 1. The molecule has 1 unspecified atom stereocenters. The first-order valence-electron chi connectivity index (χ1n) is 6.64. The summed E-state index contributed by atoms with van der Waals surface area (Å²) in [7, 11) is 0. The summed E-state index contributed by atoms with van der Waals surface area (Å²) < 4.78 is 7.16. The van der Waals surface area contributed by atoms with Crippen LogP contribution in [0.4, 0.5) is 5.69 Å². The lowest BCUT2D eigenvalue weighted by Crippen LogP contribution is -2.09. The Kier molecular flexibility index (Phi) is 3.84. The molecule has 20 heavy (non-hydrogen) atoms. The Hall–Kier alpha value is -1.66. The molecule has 1 aliphatic heterocycles. The molecule has 0 amide bonds. The van der Waals surface area contributed by atoms with Crippen molar-refractivity contribution in [2.24, 2.45) is 5.92 Å². The zero-order valence-electron chi connectivity index (χ0n) is 11.0. The second-order valence-corrected chi connectivity index (χ2v) is 5.35. The minimum absolute atomic E-state index is 0.509. The molecule has 1 fully saturated rings. The highest BCUT2D eigenvalue weighted by Gasteiger charge is 2.18. The van der Waals surface area contributed by atoms with E-state index in [2.05, 4.69) is 15.5 Å². The number of rotatable bonds is 4. The molecule has 7 heteroatoms. The molecule has 2 heterocycles. The Labute approximate surface area is 121 Å². The number of para-hydroxylation sites is 1. The number of benzene rings is 1. The van der Waals surface area contributed by atoms with Crippen molar-refractivity contribution in [2.75, 3.05) is 18.9 Å². The standard InChI is InChI=1S/C13H16ClN5O/c14-11-3-1-2-10(12(11)15)13-16-17-18-19(13)6-4-9-5-7-20-8-9/h1-3,9H,4-8,15H2. The number of hydrogen-bond acceptors (Lipinski definition) is 5. The molecule has 0 saturated carbocycles. The van der Waals surface area contributed by atoms with Crippen LogP contribution in [0, 0.1) is 5.92 Å². The second-order valence-electron chi connectivity index (χ2n) is 4.94. The molecular formula is C13H16ClN5O. The van der Waals surface area contributed by atoms with Crippen LogP contribution >= 0.6 is 11.6 Å². The van der Waals surface area contributed by atoms with Gasteiger partial charge in [0.25, 0.3) is 0 Å². The normalized spacial score (nSPS) is 18.6. The van der Waals surface area contributed by atoms with E-state index in [1.54, 1.807) is 10.7 Å². The van der Waals surface area contributed by atoms with E-state index in [0.717, 1.165) is 38.2 Å². The van der Waals surface area contributed by atoms with Gasteiger partial charge >= 0.3 is 0 Å². The van der Waals surface area contributed by atoms with Gasteiger partial charge in [-0.15, -0.1) is 5.10 Å². The predicted molar refractivity (Wildman–Crippen MR) is 76.2 cm³/mol. The third kappa shape index (κ3) is 2.62. The maximum Gasteiger partial charge on any atom is 0.184 e. The van der Waals surface area contributed by atoms with Gasteiger partial charge in [0.1, 0.15) is 0 Å². The predicted octanol–water partition coefficient (Wildman–Crippen LogP) is 2.00. The Balaban J connectivity index is 1.80. The van der Waals surface area contributed by atoms with Crippen LogP contribution in [0.1, 0.15) is 12.8 Å². The number of ether oxygens (including phenoxy) is 1. The highest BCUT2D eigenvalue weighted by Crippen LogP contribution is 2.30. The minimum atomic E-state index is 0.509. The molecule has 3 rings (SSSR count). The molecule has 6 nitrogen and oxygen atoms in total.